The third kappa shape index (κ3) is 6.22. The lowest BCUT2D eigenvalue weighted by atomic mass is 10.1. The van der Waals surface area contributed by atoms with Gasteiger partial charge in [0.15, 0.2) is 6.61 Å². The molecule has 0 unspecified atom stereocenters. The van der Waals surface area contributed by atoms with Crippen LogP contribution < -0.4 is 10.6 Å². The molecule has 0 aliphatic heterocycles. The Balaban J connectivity index is 1.70. The molecular formula is C19H19ClN2O4. The molecule has 0 aromatic heterocycles. The summed E-state index contributed by atoms with van der Waals surface area (Å²) < 4.78 is 4.86. The maximum absolute atomic E-state index is 11.9. The van der Waals surface area contributed by atoms with Gasteiger partial charge in [-0.3, -0.25) is 14.4 Å². The first-order valence-corrected chi connectivity index (χ1v) is 8.37. The summed E-state index contributed by atoms with van der Waals surface area (Å²) in [5.41, 5.74) is 1.32. The van der Waals surface area contributed by atoms with E-state index in [4.69, 9.17) is 16.3 Å². The second-order valence-electron chi connectivity index (χ2n) is 5.55. The molecule has 136 valence electrons. The van der Waals surface area contributed by atoms with E-state index in [9.17, 15) is 14.4 Å². The van der Waals surface area contributed by atoms with Gasteiger partial charge in [-0.05, 0) is 36.8 Å². The third-order valence-corrected chi connectivity index (χ3v) is 3.79. The summed E-state index contributed by atoms with van der Waals surface area (Å²) in [6.07, 6.45) is 0. The van der Waals surface area contributed by atoms with Crippen LogP contribution in [0.25, 0.3) is 0 Å². The number of esters is 1. The van der Waals surface area contributed by atoms with Crippen LogP contribution in [0.15, 0.2) is 54.6 Å². The van der Waals surface area contributed by atoms with Crippen LogP contribution in [0.1, 0.15) is 28.9 Å². The van der Waals surface area contributed by atoms with E-state index in [1.165, 1.54) is 0 Å². The van der Waals surface area contributed by atoms with Gasteiger partial charge in [-0.15, -0.1) is 0 Å². The normalized spacial score (nSPS) is 11.3. The summed E-state index contributed by atoms with van der Waals surface area (Å²) in [5.74, 6) is -1.51. The number of benzene rings is 2. The Kier molecular flexibility index (Phi) is 7.17. The van der Waals surface area contributed by atoms with E-state index in [1.807, 2.05) is 6.92 Å². The smallest absolute Gasteiger partial charge is 0.325 e. The number of carbonyl (C=O) groups is 3. The second kappa shape index (κ2) is 9.58. The molecule has 0 bridgehead atoms. The topological polar surface area (TPSA) is 84.5 Å². The predicted molar refractivity (Wildman–Crippen MR) is 97.7 cm³/mol. The summed E-state index contributed by atoms with van der Waals surface area (Å²) in [4.78, 5) is 35.3. The van der Waals surface area contributed by atoms with E-state index in [-0.39, 0.29) is 18.5 Å². The summed E-state index contributed by atoms with van der Waals surface area (Å²) in [6.45, 7) is 1.08. The Labute approximate surface area is 156 Å². The molecule has 0 saturated heterocycles. The van der Waals surface area contributed by atoms with Crippen molar-refractivity contribution in [1.82, 2.24) is 10.6 Å². The van der Waals surface area contributed by atoms with Crippen molar-refractivity contribution in [3.05, 3.63) is 70.7 Å². The lowest BCUT2D eigenvalue weighted by Crippen LogP contribution is -2.34. The van der Waals surface area contributed by atoms with Crippen molar-refractivity contribution < 1.29 is 19.1 Å². The minimum atomic E-state index is -0.691. The molecule has 0 spiro atoms. The molecule has 0 aliphatic carbocycles. The lowest BCUT2D eigenvalue weighted by molar-refractivity contribution is -0.147. The minimum absolute atomic E-state index is 0.253. The van der Waals surface area contributed by atoms with E-state index in [2.05, 4.69) is 10.6 Å². The molecule has 1 atom stereocenters. The van der Waals surface area contributed by atoms with E-state index >= 15 is 0 Å². The van der Waals surface area contributed by atoms with Crippen molar-refractivity contribution in [2.75, 3.05) is 13.2 Å². The fourth-order valence-corrected chi connectivity index (χ4v) is 2.29. The van der Waals surface area contributed by atoms with Crippen LogP contribution in [-0.2, 0) is 14.3 Å². The van der Waals surface area contributed by atoms with E-state index in [0.29, 0.717) is 10.6 Å². The Morgan fingerprint density at radius 1 is 1.04 bits per heavy atom. The zero-order valence-corrected chi connectivity index (χ0v) is 15.0. The molecule has 0 aliphatic rings. The molecule has 0 fully saturated rings. The summed E-state index contributed by atoms with van der Waals surface area (Å²) in [6, 6.07) is 15.3. The van der Waals surface area contributed by atoms with Gasteiger partial charge in [0.25, 0.3) is 11.8 Å². The Bertz CT molecular complexity index is 763. The molecular weight excluding hydrogens is 356 g/mol. The summed E-state index contributed by atoms with van der Waals surface area (Å²) in [5, 5.41) is 5.76. The van der Waals surface area contributed by atoms with Crippen molar-refractivity contribution in [3.63, 3.8) is 0 Å². The highest BCUT2D eigenvalue weighted by atomic mass is 35.5. The highest BCUT2D eigenvalue weighted by molar-refractivity contribution is 6.30. The largest absolute Gasteiger partial charge is 0.454 e. The number of amides is 2. The fourth-order valence-electron chi connectivity index (χ4n) is 2.16. The molecule has 0 saturated carbocycles. The van der Waals surface area contributed by atoms with Gasteiger partial charge in [0.1, 0.15) is 6.54 Å². The number of rotatable bonds is 7. The standard InChI is InChI=1S/C19H19ClN2O4/c1-13(14-7-9-16(20)10-8-14)22-17(23)12-26-18(24)11-21-19(25)15-5-3-2-4-6-15/h2-10,13H,11-12H2,1H3,(H,21,25)(H,22,23)/t13-/m0/s1. The maximum atomic E-state index is 11.9. The van der Waals surface area contributed by atoms with Crippen LogP contribution >= 0.6 is 11.6 Å². The van der Waals surface area contributed by atoms with Crippen LogP contribution in [0.4, 0.5) is 0 Å². The van der Waals surface area contributed by atoms with E-state index in [0.717, 1.165) is 5.56 Å². The average molecular weight is 375 g/mol. The number of hydrogen-bond donors (Lipinski definition) is 2. The van der Waals surface area contributed by atoms with Gasteiger partial charge >= 0.3 is 5.97 Å². The molecule has 2 rings (SSSR count). The van der Waals surface area contributed by atoms with Crippen molar-refractivity contribution in [3.8, 4) is 0 Å². The summed E-state index contributed by atoms with van der Waals surface area (Å²) >= 11 is 5.82. The fraction of sp³-hybridized carbons (Fsp3) is 0.211. The van der Waals surface area contributed by atoms with E-state index < -0.39 is 18.5 Å². The van der Waals surface area contributed by atoms with Crippen LogP contribution in [0.3, 0.4) is 0 Å². The molecule has 2 N–H and O–H groups in total. The van der Waals surface area contributed by atoms with Crippen molar-refractivity contribution in [2.24, 2.45) is 0 Å². The molecule has 2 amide bonds. The summed E-state index contributed by atoms with van der Waals surface area (Å²) in [7, 11) is 0. The first kappa shape index (κ1) is 19.5. The maximum Gasteiger partial charge on any atom is 0.325 e. The number of hydrogen-bond acceptors (Lipinski definition) is 4. The van der Waals surface area contributed by atoms with Crippen molar-refractivity contribution >= 4 is 29.4 Å². The molecule has 0 radical (unpaired) electrons. The molecule has 26 heavy (non-hydrogen) atoms. The van der Waals surface area contributed by atoms with Gasteiger partial charge in [0.05, 0.1) is 6.04 Å². The van der Waals surface area contributed by atoms with Crippen molar-refractivity contribution in [1.29, 1.82) is 0 Å². The zero-order valence-electron chi connectivity index (χ0n) is 14.2. The van der Waals surface area contributed by atoms with Crippen LogP contribution in [0, 0.1) is 0 Å². The quantitative estimate of drug-likeness (QED) is 0.729. The van der Waals surface area contributed by atoms with Gasteiger partial charge in [0, 0.05) is 10.6 Å². The van der Waals surface area contributed by atoms with Crippen LogP contribution in [0.5, 0.6) is 0 Å². The second-order valence-corrected chi connectivity index (χ2v) is 5.99. The third-order valence-electron chi connectivity index (χ3n) is 3.54. The first-order chi connectivity index (χ1) is 12.5. The van der Waals surface area contributed by atoms with Crippen molar-refractivity contribution in [2.45, 2.75) is 13.0 Å². The molecule has 6 nitrogen and oxygen atoms in total. The first-order valence-electron chi connectivity index (χ1n) is 7.99. The number of nitrogens with one attached hydrogen (secondary N) is 2. The Morgan fingerprint density at radius 2 is 1.69 bits per heavy atom. The number of carbonyl (C=O) groups excluding carboxylic acids is 3. The Hall–Kier alpha value is -2.86. The van der Waals surface area contributed by atoms with Gasteiger partial charge in [-0.25, -0.2) is 0 Å². The lowest BCUT2D eigenvalue weighted by Gasteiger charge is -2.14. The van der Waals surface area contributed by atoms with Gasteiger partial charge in [0.2, 0.25) is 0 Å². The molecule has 7 heteroatoms. The highest BCUT2D eigenvalue weighted by Crippen LogP contribution is 2.15. The molecule has 2 aromatic rings. The number of halogens is 1. The molecule has 0 heterocycles. The SMILES string of the molecule is C[C@H](NC(=O)COC(=O)CNC(=O)c1ccccc1)c1ccc(Cl)cc1. The van der Waals surface area contributed by atoms with Crippen LogP contribution in [0.2, 0.25) is 5.02 Å². The van der Waals surface area contributed by atoms with Crippen LogP contribution in [-0.4, -0.2) is 30.9 Å². The van der Waals surface area contributed by atoms with Gasteiger partial charge < -0.3 is 15.4 Å². The average Bonchev–Trinajstić information content (AvgIpc) is 2.65. The van der Waals surface area contributed by atoms with E-state index in [1.54, 1.807) is 54.6 Å². The molecule has 2 aromatic carbocycles. The minimum Gasteiger partial charge on any atom is -0.454 e. The zero-order chi connectivity index (χ0) is 18.9. The predicted octanol–water partition coefficient (Wildman–Crippen LogP) is 2.49. The Morgan fingerprint density at radius 3 is 2.35 bits per heavy atom. The number of ether oxygens (including phenoxy) is 1. The van der Waals surface area contributed by atoms with Gasteiger partial charge in [-0.2, -0.15) is 0 Å². The van der Waals surface area contributed by atoms with Gasteiger partial charge in [-0.1, -0.05) is 41.9 Å². The highest BCUT2D eigenvalue weighted by Gasteiger charge is 2.13. The monoisotopic (exact) mass is 374 g/mol.